The second kappa shape index (κ2) is 10.0. The maximum absolute atomic E-state index is 14.0. The first-order valence-electron chi connectivity index (χ1n) is 9.70. The summed E-state index contributed by atoms with van der Waals surface area (Å²) in [5.74, 6) is -0.899. The predicted molar refractivity (Wildman–Crippen MR) is 109 cm³/mol. The Hall–Kier alpha value is -2.69. The third-order valence-corrected chi connectivity index (χ3v) is 4.94. The van der Waals surface area contributed by atoms with Crippen molar-refractivity contribution in [3.63, 3.8) is 0 Å². The zero-order chi connectivity index (χ0) is 20.7. The molecule has 0 spiro atoms. The van der Waals surface area contributed by atoms with Gasteiger partial charge in [0.05, 0.1) is 6.42 Å². The van der Waals surface area contributed by atoms with Crippen LogP contribution in [0.2, 0.25) is 0 Å². The molecule has 0 fully saturated rings. The fourth-order valence-electron chi connectivity index (χ4n) is 2.84. The third kappa shape index (κ3) is 5.91. The van der Waals surface area contributed by atoms with Gasteiger partial charge in [-0.3, -0.25) is 9.59 Å². The summed E-state index contributed by atoms with van der Waals surface area (Å²) in [7, 11) is 0. The van der Waals surface area contributed by atoms with Gasteiger partial charge in [-0.1, -0.05) is 55.0 Å². The molecule has 0 saturated heterocycles. The van der Waals surface area contributed by atoms with E-state index in [1.165, 1.54) is 11.0 Å². The molecule has 0 aliphatic rings. The molecule has 0 saturated carbocycles. The van der Waals surface area contributed by atoms with Crippen LogP contribution in [0.1, 0.15) is 43.9 Å². The zero-order valence-corrected chi connectivity index (χ0v) is 17.0. The minimum atomic E-state index is -0.658. The molecule has 0 aliphatic heterocycles. The first-order chi connectivity index (χ1) is 13.3. The summed E-state index contributed by atoms with van der Waals surface area (Å²) in [5, 5.41) is 2.93. The van der Waals surface area contributed by atoms with Crippen molar-refractivity contribution in [2.45, 2.75) is 59.2 Å². The first kappa shape index (κ1) is 21.6. The molecule has 1 N–H and O–H groups in total. The van der Waals surface area contributed by atoms with E-state index in [0.717, 1.165) is 17.5 Å². The summed E-state index contributed by atoms with van der Waals surface area (Å²) in [5.41, 5.74) is 2.38. The number of nitrogens with one attached hydrogen (secondary N) is 1. The number of carbonyl (C=O) groups excluding carboxylic acids is 2. The highest BCUT2D eigenvalue weighted by molar-refractivity contribution is 5.88. The van der Waals surface area contributed by atoms with Gasteiger partial charge in [0.25, 0.3) is 0 Å². The number of hydrogen-bond acceptors (Lipinski definition) is 2. The minimum Gasteiger partial charge on any atom is -0.352 e. The topological polar surface area (TPSA) is 49.4 Å². The highest BCUT2D eigenvalue weighted by atomic mass is 19.1. The van der Waals surface area contributed by atoms with Gasteiger partial charge in [-0.05, 0) is 44.4 Å². The average Bonchev–Trinajstić information content (AvgIpc) is 2.68. The maximum atomic E-state index is 14.0. The zero-order valence-electron chi connectivity index (χ0n) is 17.0. The number of aryl methyl sites for hydroxylation is 1. The molecule has 5 heteroatoms. The van der Waals surface area contributed by atoms with Gasteiger partial charge in [0.15, 0.2) is 0 Å². The van der Waals surface area contributed by atoms with Gasteiger partial charge < -0.3 is 10.2 Å². The highest BCUT2D eigenvalue weighted by Gasteiger charge is 2.27. The van der Waals surface area contributed by atoms with Crippen LogP contribution in [-0.4, -0.2) is 28.8 Å². The van der Waals surface area contributed by atoms with E-state index < -0.39 is 11.9 Å². The Kier molecular flexibility index (Phi) is 7.73. The third-order valence-electron chi connectivity index (χ3n) is 4.94. The largest absolute Gasteiger partial charge is 0.352 e. The second-order valence-electron chi connectivity index (χ2n) is 7.27. The Bertz CT molecular complexity index is 805. The van der Waals surface area contributed by atoms with Gasteiger partial charge in [0.1, 0.15) is 11.9 Å². The molecule has 0 radical (unpaired) electrons. The molecule has 0 unspecified atom stereocenters. The van der Waals surface area contributed by atoms with Gasteiger partial charge >= 0.3 is 0 Å². The summed E-state index contributed by atoms with van der Waals surface area (Å²) < 4.78 is 14.0. The lowest BCUT2D eigenvalue weighted by molar-refractivity contribution is -0.140. The quantitative estimate of drug-likeness (QED) is 0.748. The molecular formula is C23H29FN2O2. The average molecular weight is 384 g/mol. The van der Waals surface area contributed by atoms with Crippen molar-refractivity contribution in [3.8, 4) is 0 Å². The van der Waals surface area contributed by atoms with Crippen LogP contribution in [0.25, 0.3) is 0 Å². The number of hydrogen-bond donors (Lipinski definition) is 1. The van der Waals surface area contributed by atoms with Gasteiger partial charge in [0.2, 0.25) is 11.8 Å². The van der Waals surface area contributed by atoms with Crippen molar-refractivity contribution in [2.24, 2.45) is 0 Å². The van der Waals surface area contributed by atoms with Crippen molar-refractivity contribution < 1.29 is 14.0 Å². The molecule has 2 rings (SSSR count). The molecule has 28 heavy (non-hydrogen) atoms. The van der Waals surface area contributed by atoms with Crippen LogP contribution in [0, 0.1) is 12.7 Å². The van der Waals surface area contributed by atoms with Gasteiger partial charge in [-0.15, -0.1) is 0 Å². The van der Waals surface area contributed by atoms with E-state index in [1.54, 1.807) is 25.1 Å². The lowest BCUT2D eigenvalue weighted by Crippen LogP contribution is -2.50. The van der Waals surface area contributed by atoms with E-state index >= 15 is 0 Å². The minimum absolute atomic E-state index is 0.0258. The summed E-state index contributed by atoms with van der Waals surface area (Å²) in [6.45, 7) is 7.92. The van der Waals surface area contributed by atoms with Crippen LogP contribution in [0.15, 0.2) is 48.5 Å². The van der Waals surface area contributed by atoms with Crippen molar-refractivity contribution in [3.05, 3.63) is 71.0 Å². The fraction of sp³-hybridized carbons (Fsp3) is 0.391. The monoisotopic (exact) mass is 384 g/mol. The van der Waals surface area contributed by atoms with Crippen LogP contribution in [0.3, 0.4) is 0 Å². The van der Waals surface area contributed by atoms with Crippen LogP contribution in [-0.2, 0) is 22.6 Å². The molecule has 0 aromatic heterocycles. The summed E-state index contributed by atoms with van der Waals surface area (Å²) in [4.78, 5) is 27.2. The Balaban J connectivity index is 2.23. The normalized spacial score (nSPS) is 12.9. The SMILES string of the molecule is CC[C@@H](C)NC(=O)[C@@H](C)N(Cc1ccc(C)cc1)C(=O)Cc1ccccc1F. The first-order valence-corrected chi connectivity index (χ1v) is 9.70. The Labute approximate surface area is 166 Å². The number of benzene rings is 2. The Morgan fingerprint density at radius 2 is 1.71 bits per heavy atom. The number of carbonyl (C=O) groups is 2. The van der Waals surface area contributed by atoms with E-state index in [4.69, 9.17) is 0 Å². The maximum Gasteiger partial charge on any atom is 0.242 e. The number of amides is 2. The Morgan fingerprint density at radius 3 is 2.32 bits per heavy atom. The van der Waals surface area contributed by atoms with Gasteiger partial charge in [0, 0.05) is 12.6 Å². The lowest BCUT2D eigenvalue weighted by Gasteiger charge is -2.30. The van der Waals surface area contributed by atoms with Crippen molar-refractivity contribution >= 4 is 11.8 Å². The van der Waals surface area contributed by atoms with E-state index in [0.29, 0.717) is 12.1 Å². The number of rotatable bonds is 8. The molecule has 2 aromatic rings. The molecule has 0 bridgehead atoms. The second-order valence-corrected chi connectivity index (χ2v) is 7.27. The molecule has 2 atom stereocenters. The smallest absolute Gasteiger partial charge is 0.242 e. The summed E-state index contributed by atoms with van der Waals surface area (Å²) >= 11 is 0. The van der Waals surface area contributed by atoms with E-state index in [2.05, 4.69) is 5.32 Å². The van der Waals surface area contributed by atoms with Crippen molar-refractivity contribution in [1.29, 1.82) is 0 Å². The van der Waals surface area contributed by atoms with Crippen LogP contribution >= 0.6 is 0 Å². The standard InChI is InChI=1S/C23H29FN2O2/c1-5-17(3)25-23(28)18(4)26(15-19-12-10-16(2)11-13-19)22(27)14-20-8-6-7-9-21(20)24/h6-13,17-18H,5,14-15H2,1-4H3,(H,25,28)/t17-,18-/m1/s1. The van der Waals surface area contributed by atoms with Gasteiger partial charge in [-0.2, -0.15) is 0 Å². The van der Waals surface area contributed by atoms with E-state index in [1.807, 2.05) is 45.0 Å². The van der Waals surface area contributed by atoms with Crippen LogP contribution < -0.4 is 5.32 Å². The molecule has 4 nitrogen and oxygen atoms in total. The summed E-state index contributed by atoms with van der Waals surface area (Å²) in [6, 6.07) is 13.4. The molecule has 0 heterocycles. The number of nitrogens with zero attached hydrogens (tertiary/aromatic N) is 1. The van der Waals surface area contributed by atoms with Crippen LogP contribution in [0.5, 0.6) is 0 Å². The molecule has 0 aliphatic carbocycles. The van der Waals surface area contributed by atoms with Crippen molar-refractivity contribution in [1.82, 2.24) is 10.2 Å². The number of halogens is 1. The molecule has 150 valence electrons. The molecule has 2 amide bonds. The van der Waals surface area contributed by atoms with E-state index in [-0.39, 0.29) is 24.3 Å². The van der Waals surface area contributed by atoms with E-state index in [9.17, 15) is 14.0 Å². The lowest BCUT2D eigenvalue weighted by atomic mass is 10.1. The van der Waals surface area contributed by atoms with Crippen molar-refractivity contribution in [2.75, 3.05) is 0 Å². The Morgan fingerprint density at radius 1 is 1.07 bits per heavy atom. The fourth-order valence-corrected chi connectivity index (χ4v) is 2.84. The predicted octanol–water partition coefficient (Wildman–Crippen LogP) is 4.01. The van der Waals surface area contributed by atoms with Gasteiger partial charge in [-0.25, -0.2) is 4.39 Å². The molecule has 2 aromatic carbocycles. The highest BCUT2D eigenvalue weighted by Crippen LogP contribution is 2.15. The summed E-state index contributed by atoms with van der Waals surface area (Å²) in [6.07, 6.45) is 0.721. The van der Waals surface area contributed by atoms with Crippen LogP contribution in [0.4, 0.5) is 4.39 Å². The molecular weight excluding hydrogens is 355 g/mol.